The molecule has 0 saturated carbocycles. The smallest absolute Gasteiger partial charge is 0.255 e. The largest absolute Gasteiger partial charge is 0.507 e. The van der Waals surface area contributed by atoms with Crippen LogP contribution < -0.4 is 10.6 Å². The van der Waals surface area contributed by atoms with Crippen molar-refractivity contribution in [2.45, 2.75) is 39.3 Å². The number of rotatable bonds is 8. The van der Waals surface area contributed by atoms with Gasteiger partial charge in [0.2, 0.25) is 5.91 Å². The number of benzene rings is 1. The Morgan fingerprint density at radius 2 is 2.12 bits per heavy atom. The van der Waals surface area contributed by atoms with Crippen molar-refractivity contribution in [2.24, 2.45) is 0 Å². The number of likely N-dealkylation sites (N-methyl/N-ethyl adjacent to an activating group) is 1. The standard InChI is InChI=1S/C19H29N3O4/c1-4-20-19(25)16-11-14(12-22(16)8-9-26-5-2)21-18(24)15-7-6-13(3)10-17(15)23/h6-7,10,14,16,23H,4-5,8-9,11-12H2,1-3H3,(H,20,25)(H,21,24)/t14-,16-/m0/s1. The monoisotopic (exact) mass is 363 g/mol. The van der Waals surface area contributed by atoms with E-state index in [0.29, 0.717) is 39.3 Å². The molecular formula is C19H29N3O4. The summed E-state index contributed by atoms with van der Waals surface area (Å²) in [4.78, 5) is 26.9. The van der Waals surface area contributed by atoms with Crippen LogP contribution in [0, 0.1) is 6.92 Å². The number of carbonyl (C=O) groups excluding carboxylic acids is 2. The maximum atomic E-state index is 12.5. The van der Waals surface area contributed by atoms with Crippen LogP contribution in [0.1, 0.15) is 36.2 Å². The van der Waals surface area contributed by atoms with Crippen molar-refractivity contribution in [3.05, 3.63) is 29.3 Å². The predicted octanol–water partition coefficient (Wildman–Crippen LogP) is 1.05. The molecule has 0 unspecified atom stereocenters. The SMILES string of the molecule is CCNC(=O)[C@@H]1C[C@H](NC(=O)c2ccc(C)cc2O)CN1CCOCC. The number of nitrogens with one attached hydrogen (secondary N) is 2. The van der Waals surface area contributed by atoms with E-state index < -0.39 is 0 Å². The van der Waals surface area contributed by atoms with Crippen LogP contribution >= 0.6 is 0 Å². The van der Waals surface area contributed by atoms with E-state index in [2.05, 4.69) is 10.6 Å². The van der Waals surface area contributed by atoms with Gasteiger partial charge in [-0.05, 0) is 44.9 Å². The van der Waals surface area contributed by atoms with Gasteiger partial charge in [0.15, 0.2) is 0 Å². The van der Waals surface area contributed by atoms with Gasteiger partial charge >= 0.3 is 0 Å². The number of phenols is 1. The number of nitrogens with zero attached hydrogens (tertiary/aromatic N) is 1. The number of aryl methyl sites for hydroxylation is 1. The summed E-state index contributed by atoms with van der Waals surface area (Å²) < 4.78 is 5.40. The first-order valence-electron chi connectivity index (χ1n) is 9.16. The van der Waals surface area contributed by atoms with Crippen molar-refractivity contribution < 1.29 is 19.4 Å². The topological polar surface area (TPSA) is 90.9 Å². The third-order valence-electron chi connectivity index (χ3n) is 4.52. The van der Waals surface area contributed by atoms with Crippen molar-refractivity contribution >= 4 is 11.8 Å². The van der Waals surface area contributed by atoms with Gasteiger partial charge in [-0.25, -0.2) is 0 Å². The second-order valence-corrected chi connectivity index (χ2v) is 6.53. The summed E-state index contributed by atoms with van der Waals surface area (Å²) in [5.41, 5.74) is 1.14. The number of likely N-dealkylation sites (tertiary alicyclic amines) is 1. The maximum absolute atomic E-state index is 12.5. The first-order valence-corrected chi connectivity index (χ1v) is 9.16. The molecule has 2 amide bonds. The van der Waals surface area contributed by atoms with Gasteiger partial charge in [0.05, 0.1) is 18.2 Å². The maximum Gasteiger partial charge on any atom is 0.255 e. The zero-order valence-corrected chi connectivity index (χ0v) is 15.7. The zero-order chi connectivity index (χ0) is 19.1. The van der Waals surface area contributed by atoms with Gasteiger partial charge in [0.25, 0.3) is 5.91 Å². The van der Waals surface area contributed by atoms with Crippen LogP contribution in [0.25, 0.3) is 0 Å². The van der Waals surface area contributed by atoms with E-state index in [0.717, 1.165) is 5.56 Å². The van der Waals surface area contributed by atoms with Crippen LogP contribution in [-0.2, 0) is 9.53 Å². The molecule has 0 bridgehead atoms. The lowest BCUT2D eigenvalue weighted by atomic mass is 10.1. The molecule has 2 rings (SSSR count). The molecule has 7 heteroatoms. The Hall–Kier alpha value is -2.12. The molecule has 0 spiro atoms. The Kier molecular flexibility index (Phi) is 7.41. The summed E-state index contributed by atoms with van der Waals surface area (Å²) in [6, 6.07) is 4.53. The summed E-state index contributed by atoms with van der Waals surface area (Å²) in [6.07, 6.45) is 0.538. The fourth-order valence-corrected chi connectivity index (χ4v) is 3.24. The van der Waals surface area contributed by atoms with Crippen LogP contribution in [-0.4, -0.2) is 66.8 Å². The molecule has 3 N–H and O–H groups in total. The minimum atomic E-state index is -0.325. The molecule has 1 saturated heterocycles. The van der Waals surface area contributed by atoms with E-state index in [1.54, 1.807) is 18.2 Å². The van der Waals surface area contributed by atoms with Gasteiger partial charge in [0, 0.05) is 32.3 Å². The zero-order valence-electron chi connectivity index (χ0n) is 15.7. The van der Waals surface area contributed by atoms with E-state index in [4.69, 9.17) is 4.74 Å². The fourth-order valence-electron chi connectivity index (χ4n) is 3.24. The average molecular weight is 363 g/mol. The lowest BCUT2D eigenvalue weighted by Gasteiger charge is -2.22. The highest BCUT2D eigenvalue weighted by molar-refractivity contribution is 5.97. The van der Waals surface area contributed by atoms with Crippen molar-refractivity contribution in [1.29, 1.82) is 0 Å². The number of phenolic OH excluding ortho intramolecular Hbond substituents is 1. The fraction of sp³-hybridized carbons (Fsp3) is 0.579. The highest BCUT2D eigenvalue weighted by Gasteiger charge is 2.37. The van der Waals surface area contributed by atoms with Crippen LogP contribution in [0.4, 0.5) is 0 Å². The van der Waals surface area contributed by atoms with Crippen molar-refractivity contribution in [1.82, 2.24) is 15.5 Å². The van der Waals surface area contributed by atoms with Gasteiger partial charge in [-0.1, -0.05) is 6.07 Å². The Morgan fingerprint density at radius 3 is 2.77 bits per heavy atom. The summed E-state index contributed by atoms with van der Waals surface area (Å²) in [7, 11) is 0. The van der Waals surface area contributed by atoms with Crippen LogP contribution in [0.5, 0.6) is 5.75 Å². The van der Waals surface area contributed by atoms with Gasteiger partial charge in [-0.2, -0.15) is 0 Å². The predicted molar refractivity (Wildman–Crippen MR) is 99.3 cm³/mol. The molecule has 1 aromatic carbocycles. The first-order chi connectivity index (χ1) is 12.5. The van der Waals surface area contributed by atoms with Crippen molar-refractivity contribution in [3.63, 3.8) is 0 Å². The van der Waals surface area contributed by atoms with Gasteiger partial charge < -0.3 is 20.5 Å². The third kappa shape index (κ3) is 5.19. The molecule has 144 valence electrons. The highest BCUT2D eigenvalue weighted by Crippen LogP contribution is 2.21. The number of aromatic hydroxyl groups is 1. The van der Waals surface area contributed by atoms with E-state index in [1.165, 1.54) is 0 Å². The normalized spacial score (nSPS) is 20.1. The third-order valence-corrected chi connectivity index (χ3v) is 4.52. The minimum absolute atomic E-state index is 0.0288. The quantitative estimate of drug-likeness (QED) is 0.601. The van der Waals surface area contributed by atoms with E-state index in [1.807, 2.05) is 25.7 Å². The lowest BCUT2D eigenvalue weighted by molar-refractivity contribution is -0.125. The first kappa shape index (κ1) is 20.2. The number of amides is 2. The Morgan fingerprint density at radius 1 is 1.35 bits per heavy atom. The Labute approximate surface area is 154 Å². The molecule has 0 radical (unpaired) electrons. The van der Waals surface area contributed by atoms with Crippen molar-refractivity contribution in [3.8, 4) is 5.75 Å². The Bertz CT molecular complexity index is 635. The minimum Gasteiger partial charge on any atom is -0.507 e. The average Bonchev–Trinajstić information content (AvgIpc) is 2.98. The molecule has 1 fully saturated rings. The molecule has 1 heterocycles. The molecular weight excluding hydrogens is 334 g/mol. The lowest BCUT2D eigenvalue weighted by Crippen LogP contribution is -2.44. The van der Waals surface area contributed by atoms with Gasteiger partial charge in [-0.15, -0.1) is 0 Å². The van der Waals surface area contributed by atoms with Crippen molar-refractivity contribution in [2.75, 3.05) is 32.8 Å². The summed E-state index contributed by atoms with van der Waals surface area (Å²) in [6.45, 7) is 8.64. The molecule has 1 aliphatic heterocycles. The number of hydrogen-bond acceptors (Lipinski definition) is 5. The molecule has 7 nitrogen and oxygen atoms in total. The summed E-state index contributed by atoms with van der Waals surface area (Å²) >= 11 is 0. The summed E-state index contributed by atoms with van der Waals surface area (Å²) in [5.74, 6) is -0.387. The Balaban J connectivity index is 2.02. The number of carbonyl (C=O) groups is 2. The molecule has 1 aliphatic rings. The second kappa shape index (κ2) is 9.54. The summed E-state index contributed by atoms with van der Waals surface area (Å²) in [5, 5.41) is 15.8. The molecule has 0 aliphatic carbocycles. The molecule has 1 aromatic rings. The van der Waals surface area contributed by atoms with Gasteiger partial charge in [-0.3, -0.25) is 14.5 Å². The highest BCUT2D eigenvalue weighted by atomic mass is 16.5. The van der Waals surface area contributed by atoms with E-state index in [9.17, 15) is 14.7 Å². The number of ether oxygens (including phenoxy) is 1. The second-order valence-electron chi connectivity index (χ2n) is 6.53. The van der Waals surface area contributed by atoms with Crippen LogP contribution in [0.15, 0.2) is 18.2 Å². The van der Waals surface area contributed by atoms with E-state index in [-0.39, 0.29) is 35.2 Å². The van der Waals surface area contributed by atoms with Gasteiger partial charge in [0.1, 0.15) is 5.75 Å². The van der Waals surface area contributed by atoms with Crippen LogP contribution in [0.3, 0.4) is 0 Å². The van der Waals surface area contributed by atoms with E-state index >= 15 is 0 Å². The molecule has 26 heavy (non-hydrogen) atoms. The number of hydrogen-bond donors (Lipinski definition) is 3. The molecule has 0 aromatic heterocycles. The van der Waals surface area contributed by atoms with Crippen LogP contribution in [0.2, 0.25) is 0 Å². The molecule has 2 atom stereocenters.